The van der Waals surface area contributed by atoms with Crippen LogP contribution in [0.1, 0.15) is 31.9 Å². The third-order valence-electron chi connectivity index (χ3n) is 6.08. The number of rotatable bonds is 5. The van der Waals surface area contributed by atoms with Crippen LogP contribution in [-0.4, -0.2) is 34.1 Å². The molecule has 8 heteroatoms. The van der Waals surface area contributed by atoms with Gasteiger partial charge in [0.1, 0.15) is 6.54 Å². The monoisotopic (exact) mass is 466 g/mol. The van der Waals surface area contributed by atoms with Crippen LogP contribution in [0.2, 0.25) is 0 Å². The van der Waals surface area contributed by atoms with Crippen molar-refractivity contribution in [3.63, 3.8) is 0 Å². The maximum atomic E-state index is 13.2. The Balaban J connectivity index is 1.40. The van der Waals surface area contributed by atoms with Crippen LogP contribution in [0.5, 0.6) is 11.5 Å². The first-order chi connectivity index (χ1) is 15.9. The zero-order valence-electron chi connectivity index (χ0n) is 18.6. The number of sulfonamides is 1. The minimum Gasteiger partial charge on any atom is -0.490 e. The Kier molecular flexibility index (Phi) is 5.40. The van der Waals surface area contributed by atoms with E-state index in [0.29, 0.717) is 35.8 Å². The first-order valence-electron chi connectivity index (χ1n) is 11.1. The van der Waals surface area contributed by atoms with Crippen molar-refractivity contribution in [2.45, 2.75) is 31.2 Å². The number of ether oxygens (including phenoxy) is 2. The number of anilines is 1. The highest BCUT2D eigenvalue weighted by molar-refractivity contribution is 7.93. The van der Waals surface area contributed by atoms with Gasteiger partial charge in [0.2, 0.25) is 5.91 Å². The SMILES string of the molecule is CC(C)C(NC(=O)CN1c2cccc3cccc(c23)S1(=O)=O)c1ccc2c(c1)OCCCO2. The number of hydrogen-bond donors (Lipinski definition) is 1. The molecule has 0 saturated carbocycles. The number of fused-ring (bicyclic) bond motifs is 1. The zero-order chi connectivity index (χ0) is 23.2. The van der Waals surface area contributed by atoms with E-state index in [4.69, 9.17) is 9.47 Å². The molecule has 2 aliphatic rings. The van der Waals surface area contributed by atoms with Crippen LogP contribution >= 0.6 is 0 Å². The van der Waals surface area contributed by atoms with E-state index in [1.807, 2.05) is 50.2 Å². The van der Waals surface area contributed by atoms with Gasteiger partial charge in [0.15, 0.2) is 11.5 Å². The van der Waals surface area contributed by atoms with Crippen LogP contribution in [0.4, 0.5) is 5.69 Å². The molecule has 1 amide bonds. The molecule has 1 N–H and O–H groups in total. The number of nitrogens with zero attached hydrogens (tertiary/aromatic N) is 1. The summed E-state index contributed by atoms with van der Waals surface area (Å²) in [7, 11) is -3.79. The number of carbonyl (C=O) groups is 1. The smallest absolute Gasteiger partial charge is 0.265 e. The van der Waals surface area contributed by atoms with Gasteiger partial charge < -0.3 is 14.8 Å². The fourth-order valence-corrected chi connectivity index (χ4v) is 6.15. The Morgan fingerprint density at radius 3 is 2.52 bits per heavy atom. The molecule has 3 aromatic carbocycles. The van der Waals surface area contributed by atoms with Crippen molar-refractivity contribution >= 4 is 32.4 Å². The molecule has 2 heterocycles. The van der Waals surface area contributed by atoms with Crippen LogP contribution in [0.25, 0.3) is 10.8 Å². The van der Waals surface area contributed by atoms with Crippen molar-refractivity contribution in [3.8, 4) is 11.5 Å². The molecule has 0 spiro atoms. The van der Waals surface area contributed by atoms with Gasteiger partial charge in [-0.25, -0.2) is 8.42 Å². The number of hydrogen-bond acceptors (Lipinski definition) is 5. The summed E-state index contributed by atoms with van der Waals surface area (Å²) < 4.78 is 39.1. The van der Waals surface area contributed by atoms with Gasteiger partial charge in [0.25, 0.3) is 10.0 Å². The topological polar surface area (TPSA) is 84.9 Å². The molecular formula is C25H26N2O5S. The van der Waals surface area contributed by atoms with Crippen LogP contribution in [0.3, 0.4) is 0 Å². The molecule has 7 nitrogen and oxygen atoms in total. The Morgan fingerprint density at radius 2 is 1.76 bits per heavy atom. The molecule has 1 unspecified atom stereocenters. The zero-order valence-corrected chi connectivity index (χ0v) is 19.4. The quantitative estimate of drug-likeness (QED) is 0.614. The standard InChI is InChI=1S/C25H26N2O5S/c1-16(2)25(18-10-11-20-21(14-18)32-13-5-12-31-20)26-23(28)15-27-19-8-3-6-17-7-4-9-22(24(17)19)33(27,29)30/h3-4,6-11,14,16,25H,5,12-13,15H2,1-2H3,(H,26,28). The van der Waals surface area contributed by atoms with E-state index < -0.39 is 10.0 Å². The summed E-state index contributed by atoms with van der Waals surface area (Å²) in [6.45, 7) is 4.92. The lowest BCUT2D eigenvalue weighted by atomic mass is 9.95. The number of benzene rings is 3. The molecule has 5 rings (SSSR count). The molecular weight excluding hydrogens is 440 g/mol. The molecule has 0 fully saturated rings. The largest absolute Gasteiger partial charge is 0.490 e. The first kappa shape index (κ1) is 21.6. The Bertz CT molecular complexity index is 1330. The number of amides is 1. The molecule has 33 heavy (non-hydrogen) atoms. The Labute approximate surface area is 193 Å². The van der Waals surface area contributed by atoms with Crippen molar-refractivity contribution in [2.75, 3.05) is 24.1 Å². The highest BCUT2D eigenvalue weighted by Gasteiger charge is 2.37. The van der Waals surface area contributed by atoms with Gasteiger partial charge in [-0.15, -0.1) is 0 Å². The number of nitrogens with one attached hydrogen (secondary N) is 1. The molecule has 0 saturated heterocycles. The second-order valence-corrected chi connectivity index (χ2v) is 10.5. The van der Waals surface area contributed by atoms with E-state index in [1.165, 1.54) is 4.31 Å². The van der Waals surface area contributed by atoms with Crippen molar-refractivity contribution in [1.82, 2.24) is 5.32 Å². The summed E-state index contributed by atoms with van der Waals surface area (Å²) in [6, 6.07) is 16.0. The maximum absolute atomic E-state index is 13.2. The third-order valence-corrected chi connectivity index (χ3v) is 7.88. The van der Waals surface area contributed by atoms with Crippen LogP contribution in [0.15, 0.2) is 59.5 Å². The summed E-state index contributed by atoms with van der Waals surface area (Å²) in [5.74, 6) is 1.07. The molecule has 2 aliphatic heterocycles. The molecule has 0 bridgehead atoms. The van der Waals surface area contributed by atoms with Crippen molar-refractivity contribution in [2.24, 2.45) is 5.92 Å². The predicted octanol–water partition coefficient (Wildman–Crippen LogP) is 4.02. The average molecular weight is 467 g/mol. The third kappa shape index (κ3) is 3.78. The van der Waals surface area contributed by atoms with Gasteiger partial charge in [-0.3, -0.25) is 9.10 Å². The fraction of sp³-hybridized carbons (Fsp3) is 0.320. The van der Waals surface area contributed by atoms with E-state index in [1.54, 1.807) is 18.2 Å². The lowest BCUT2D eigenvalue weighted by Crippen LogP contribution is -2.41. The van der Waals surface area contributed by atoms with E-state index in [2.05, 4.69) is 5.32 Å². The van der Waals surface area contributed by atoms with Crippen molar-refractivity contribution in [3.05, 3.63) is 60.2 Å². The molecule has 1 atom stereocenters. The predicted molar refractivity (Wildman–Crippen MR) is 126 cm³/mol. The maximum Gasteiger partial charge on any atom is 0.265 e. The molecule has 0 aromatic heterocycles. The Morgan fingerprint density at radius 1 is 1.03 bits per heavy atom. The molecule has 0 radical (unpaired) electrons. The average Bonchev–Trinajstić information content (AvgIpc) is 2.94. The minimum atomic E-state index is -3.79. The van der Waals surface area contributed by atoms with Crippen LogP contribution in [0, 0.1) is 5.92 Å². The van der Waals surface area contributed by atoms with E-state index in [0.717, 1.165) is 17.4 Å². The summed E-state index contributed by atoms with van der Waals surface area (Å²) in [4.78, 5) is 13.4. The first-order valence-corrected chi connectivity index (χ1v) is 12.5. The van der Waals surface area contributed by atoms with Gasteiger partial charge >= 0.3 is 0 Å². The highest BCUT2D eigenvalue weighted by atomic mass is 32.2. The van der Waals surface area contributed by atoms with Gasteiger partial charge in [-0.05, 0) is 41.1 Å². The molecule has 0 aliphatic carbocycles. The normalized spacial score (nSPS) is 17.1. The number of carbonyl (C=O) groups excluding carboxylic acids is 1. The summed E-state index contributed by atoms with van der Waals surface area (Å²) in [6.07, 6.45) is 0.813. The van der Waals surface area contributed by atoms with Crippen molar-refractivity contribution in [1.29, 1.82) is 0 Å². The lowest BCUT2D eigenvalue weighted by molar-refractivity contribution is -0.120. The van der Waals surface area contributed by atoms with E-state index in [9.17, 15) is 13.2 Å². The second-order valence-electron chi connectivity index (χ2n) is 8.69. The van der Waals surface area contributed by atoms with Gasteiger partial charge in [-0.2, -0.15) is 0 Å². The van der Waals surface area contributed by atoms with Crippen molar-refractivity contribution < 1.29 is 22.7 Å². The molecule has 3 aromatic rings. The van der Waals surface area contributed by atoms with Gasteiger partial charge in [-0.1, -0.05) is 44.2 Å². The van der Waals surface area contributed by atoms with Gasteiger partial charge in [0.05, 0.1) is 29.8 Å². The van der Waals surface area contributed by atoms with Gasteiger partial charge in [0, 0.05) is 11.8 Å². The molecule has 172 valence electrons. The highest BCUT2D eigenvalue weighted by Crippen LogP contribution is 2.42. The summed E-state index contributed by atoms with van der Waals surface area (Å²) in [5.41, 5.74) is 1.42. The summed E-state index contributed by atoms with van der Waals surface area (Å²) in [5, 5.41) is 4.54. The fourth-order valence-electron chi connectivity index (χ4n) is 4.49. The summed E-state index contributed by atoms with van der Waals surface area (Å²) >= 11 is 0. The lowest BCUT2D eigenvalue weighted by Gasteiger charge is -2.25. The Hall–Kier alpha value is -3.26. The van der Waals surface area contributed by atoms with Crippen LogP contribution in [-0.2, 0) is 14.8 Å². The van der Waals surface area contributed by atoms with E-state index in [-0.39, 0.29) is 29.3 Å². The minimum absolute atomic E-state index is 0.0783. The second kappa shape index (κ2) is 8.26. The van der Waals surface area contributed by atoms with Crippen LogP contribution < -0.4 is 19.1 Å². The van der Waals surface area contributed by atoms with E-state index >= 15 is 0 Å².